The van der Waals surface area contributed by atoms with Crippen LogP contribution in [0.2, 0.25) is 0 Å². The SMILES string of the molecule is CSc1cccc(NC(C)c2ncc[nH]2)c1C#N. The number of hydrogen-bond donors (Lipinski definition) is 2. The van der Waals surface area contributed by atoms with Crippen LogP contribution in [0.3, 0.4) is 0 Å². The molecule has 0 aliphatic rings. The summed E-state index contributed by atoms with van der Waals surface area (Å²) in [6, 6.07) is 8.10. The molecule has 18 heavy (non-hydrogen) atoms. The van der Waals surface area contributed by atoms with Crippen LogP contribution in [0.4, 0.5) is 5.69 Å². The Labute approximate surface area is 110 Å². The van der Waals surface area contributed by atoms with Crippen LogP contribution >= 0.6 is 11.8 Å². The maximum absolute atomic E-state index is 9.25. The highest BCUT2D eigenvalue weighted by Crippen LogP contribution is 2.28. The van der Waals surface area contributed by atoms with Gasteiger partial charge in [0, 0.05) is 17.3 Å². The number of aromatic nitrogens is 2. The van der Waals surface area contributed by atoms with Crippen molar-refractivity contribution in [2.75, 3.05) is 11.6 Å². The Morgan fingerprint density at radius 1 is 1.50 bits per heavy atom. The molecule has 2 N–H and O–H groups in total. The van der Waals surface area contributed by atoms with E-state index in [2.05, 4.69) is 21.4 Å². The van der Waals surface area contributed by atoms with Crippen molar-refractivity contribution in [3.8, 4) is 6.07 Å². The molecule has 0 saturated carbocycles. The molecule has 0 aliphatic carbocycles. The largest absolute Gasteiger partial charge is 0.374 e. The molecular formula is C13H14N4S. The first-order valence-corrected chi connectivity index (χ1v) is 6.81. The second-order valence-corrected chi connectivity index (χ2v) is 4.68. The standard InChI is InChI=1S/C13H14N4S/c1-9(13-15-6-7-16-13)17-11-4-3-5-12(18-2)10(11)8-14/h3-7,9,17H,1-2H3,(H,15,16). The van der Waals surface area contributed by atoms with Crippen LogP contribution in [0.5, 0.6) is 0 Å². The van der Waals surface area contributed by atoms with E-state index in [9.17, 15) is 5.26 Å². The van der Waals surface area contributed by atoms with Gasteiger partial charge in [-0.05, 0) is 25.3 Å². The van der Waals surface area contributed by atoms with Crippen molar-refractivity contribution in [3.05, 3.63) is 42.0 Å². The fourth-order valence-electron chi connectivity index (χ4n) is 1.75. The molecule has 0 bridgehead atoms. The maximum atomic E-state index is 9.25. The van der Waals surface area contributed by atoms with Gasteiger partial charge in [0.15, 0.2) is 0 Å². The second-order valence-electron chi connectivity index (χ2n) is 3.84. The van der Waals surface area contributed by atoms with Crippen molar-refractivity contribution < 1.29 is 0 Å². The summed E-state index contributed by atoms with van der Waals surface area (Å²) < 4.78 is 0. The summed E-state index contributed by atoms with van der Waals surface area (Å²) in [6.07, 6.45) is 5.48. The van der Waals surface area contributed by atoms with Crippen LogP contribution in [0, 0.1) is 11.3 Å². The number of rotatable bonds is 4. The Morgan fingerprint density at radius 2 is 2.33 bits per heavy atom. The highest BCUT2D eigenvalue weighted by Gasteiger charge is 2.12. The van der Waals surface area contributed by atoms with E-state index < -0.39 is 0 Å². The van der Waals surface area contributed by atoms with Crippen molar-refractivity contribution in [2.24, 2.45) is 0 Å². The maximum Gasteiger partial charge on any atom is 0.128 e. The lowest BCUT2D eigenvalue weighted by Crippen LogP contribution is -2.09. The predicted molar refractivity (Wildman–Crippen MR) is 73.6 cm³/mol. The van der Waals surface area contributed by atoms with Crippen molar-refractivity contribution in [3.63, 3.8) is 0 Å². The third kappa shape index (κ3) is 2.49. The fraction of sp³-hybridized carbons (Fsp3) is 0.231. The summed E-state index contributed by atoms with van der Waals surface area (Å²) in [5, 5.41) is 12.6. The van der Waals surface area contributed by atoms with Crippen molar-refractivity contribution in [1.29, 1.82) is 5.26 Å². The van der Waals surface area contributed by atoms with Gasteiger partial charge >= 0.3 is 0 Å². The highest BCUT2D eigenvalue weighted by molar-refractivity contribution is 7.98. The summed E-state index contributed by atoms with van der Waals surface area (Å²) in [5.41, 5.74) is 1.52. The quantitative estimate of drug-likeness (QED) is 0.827. The molecule has 92 valence electrons. The van der Waals surface area contributed by atoms with Gasteiger partial charge in [-0.1, -0.05) is 6.07 Å². The number of nitrogens with one attached hydrogen (secondary N) is 2. The fourth-order valence-corrected chi connectivity index (χ4v) is 2.33. The minimum absolute atomic E-state index is 0.0317. The minimum atomic E-state index is 0.0317. The average Bonchev–Trinajstić information content (AvgIpc) is 2.92. The summed E-state index contributed by atoms with van der Waals surface area (Å²) in [4.78, 5) is 8.25. The van der Waals surface area contributed by atoms with Crippen molar-refractivity contribution in [1.82, 2.24) is 9.97 Å². The summed E-state index contributed by atoms with van der Waals surface area (Å²) in [6.45, 7) is 2.01. The molecule has 0 aliphatic heterocycles. The molecule has 5 heteroatoms. The first-order chi connectivity index (χ1) is 8.76. The van der Waals surface area contributed by atoms with Gasteiger partial charge in [0.05, 0.1) is 17.3 Å². The van der Waals surface area contributed by atoms with Crippen molar-refractivity contribution >= 4 is 17.4 Å². The van der Waals surface area contributed by atoms with Gasteiger partial charge < -0.3 is 10.3 Å². The van der Waals surface area contributed by atoms with Gasteiger partial charge in [-0.2, -0.15) is 5.26 Å². The topological polar surface area (TPSA) is 64.5 Å². The molecule has 0 amide bonds. The zero-order valence-electron chi connectivity index (χ0n) is 10.3. The number of hydrogen-bond acceptors (Lipinski definition) is 4. The Bertz CT molecular complexity index is 557. The Morgan fingerprint density at radius 3 is 2.94 bits per heavy atom. The molecule has 1 atom stereocenters. The summed E-state index contributed by atoms with van der Waals surface area (Å²) >= 11 is 1.57. The first-order valence-electron chi connectivity index (χ1n) is 5.59. The molecule has 1 heterocycles. The Kier molecular flexibility index (Phi) is 3.90. The van der Waals surface area contributed by atoms with E-state index in [0.29, 0.717) is 5.56 Å². The van der Waals surface area contributed by atoms with Gasteiger partial charge in [0.25, 0.3) is 0 Å². The lowest BCUT2D eigenvalue weighted by molar-refractivity contribution is 0.809. The van der Waals surface area contributed by atoms with Gasteiger partial charge in [-0.25, -0.2) is 4.98 Å². The number of aromatic amines is 1. The third-order valence-corrected chi connectivity index (χ3v) is 3.44. The zero-order valence-corrected chi connectivity index (χ0v) is 11.1. The molecule has 0 saturated heterocycles. The second kappa shape index (κ2) is 5.61. The van der Waals surface area contributed by atoms with E-state index in [1.54, 1.807) is 24.2 Å². The van der Waals surface area contributed by atoms with Crippen molar-refractivity contribution in [2.45, 2.75) is 17.9 Å². The van der Waals surface area contributed by atoms with E-state index in [1.807, 2.05) is 31.4 Å². The van der Waals surface area contributed by atoms with E-state index in [4.69, 9.17) is 0 Å². The van der Waals surface area contributed by atoms with Gasteiger partial charge in [0.1, 0.15) is 11.9 Å². The molecule has 0 radical (unpaired) electrons. The van der Waals surface area contributed by atoms with Crippen LogP contribution in [0.25, 0.3) is 0 Å². The van der Waals surface area contributed by atoms with E-state index >= 15 is 0 Å². The minimum Gasteiger partial charge on any atom is -0.374 e. The molecule has 1 unspecified atom stereocenters. The number of imidazole rings is 1. The van der Waals surface area contributed by atoms with Gasteiger partial charge in [-0.3, -0.25) is 0 Å². The normalized spacial score (nSPS) is 11.8. The first kappa shape index (κ1) is 12.5. The number of thioether (sulfide) groups is 1. The Balaban J connectivity index is 2.27. The molecule has 0 fully saturated rings. The molecule has 2 aromatic rings. The van der Waals surface area contributed by atoms with Crippen LogP contribution in [0.15, 0.2) is 35.5 Å². The highest BCUT2D eigenvalue weighted by atomic mass is 32.2. The van der Waals surface area contributed by atoms with E-state index in [1.165, 1.54) is 0 Å². The molecule has 1 aromatic carbocycles. The van der Waals surface area contributed by atoms with Crippen LogP contribution in [-0.2, 0) is 0 Å². The zero-order chi connectivity index (χ0) is 13.0. The van der Waals surface area contributed by atoms with Gasteiger partial charge in [-0.15, -0.1) is 11.8 Å². The van der Waals surface area contributed by atoms with E-state index in [0.717, 1.165) is 16.4 Å². The number of benzene rings is 1. The van der Waals surface area contributed by atoms with Gasteiger partial charge in [0.2, 0.25) is 0 Å². The van der Waals surface area contributed by atoms with Crippen LogP contribution < -0.4 is 5.32 Å². The Hall–Kier alpha value is -1.93. The lowest BCUT2D eigenvalue weighted by atomic mass is 10.1. The number of anilines is 1. The van der Waals surface area contributed by atoms with Crippen LogP contribution in [-0.4, -0.2) is 16.2 Å². The number of H-pyrrole nitrogens is 1. The number of nitriles is 1. The summed E-state index contributed by atoms with van der Waals surface area (Å²) in [5.74, 6) is 0.855. The molecule has 2 rings (SSSR count). The molecule has 4 nitrogen and oxygen atoms in total. The monoisotopic (exact) mass is 258 g/mol. The molecule has 1 aromatic heterocycles. The summed E-state index contributed by atoms with van der Waals surface area (Å²) in [7, 11) is 0. The third-order valence-electron chi connectivity index (χ3n) is 2.66. The molecular weight excluding hydrogens is 244 g/mol. The van der Waals surface area contributed by atoms with E-state index in [-0.39, 0.29) is 6.04 Å². The predicted octanol–water partition coefficient (Wildman–Crippen LogP) is 3.18. The lowest BCUT2D eigenvalue weighted by Gasteiger charge is -2.15. The van der Waals surface area contributed by atoms with Crippen LogP contribution in [0.1, 0.15) is 24.4 Å². The average molecular weight is 258 g/mol. The molecule has 0 spiro atoms. The smallest absolute Gasteiger partial charge is 0.128 e. The number of nitrogens with zero attached hydrogens (tertiary/aromatic N) is 2.